The third-order valence-electron chi connectivity index (χ3n) is 2.45. The van der Waals surface area contributed by atoms with Crippen LogP contribution in [0.25, 0.3) is 0 Å². The van der Waals surface area contributed by atoms with Crippen molar-refractivity contribution >= 4 is 23.3 Å². The van der Waals surface area contributed by atoms with Crippen molar-refractivity contribution in [1.82, 2.24) is 0 Å². The Labute approximate surface area is 96.1 Å². The highest BCUT2D eigenvalue weighted by Crippen LogP contribution is 2.26. The molecular weight excluding hydrogens is 206 g/mol. The molecule has 2 nitrogen and oxygen atoms in total. The van der Waals surface area contributed by atoms with Crippen molar-refractivity contribution in [2.45, 2.75) is 32.6 Å². The first-order valence-corrected chi connectivity index (χ1v) is 5.72. The normalized spacial score (nSPS) is 10.2. The molecule has 0 aliphatic carbocycles. The fourth-order valence-corrected chi connectivity index (χ4v) is 1.74. The van der Waals surface area contributed by atoms with Crippen LogP contribution in [0.3, 0.4) is 0 Å². The summed E-state index contributed by atoms with van der Waals surface area (Å²) in [5.41, 5.74) is 7.90. The van der Waals surface area contributed by atoms with Crippen molar-refractivity contribution in [3.63, 3.8) is 0 Å². The minimum Gasteiger partial charge on any atom is -0.506 e. The summed E-state index contributed by atoms with van der Waals surface area (Å²) in [6.45, 7) is 2.17. The molecule has 3 heteroatoms. The zero-order valence-electron chi connectivity index (χ0n) is 8.99. The van der Waals surface area contributed by atoms with E-state index in [9.17, 15) is 5.11 Å². The number of aromatic hydroxyl groups is 1. The molecule has 0 heterocycles. The van der Waals surface area contributed by atoms with Crippen molar-refractivity contribution in [3.05, 3.63) is 23.3 Å². The molecule has 0 fully saturated rings. The Morgan fingerprint density at radius 1 is 1.40 bits per heavy atom. The van der Waals surface area contributed by atoms with Gasteiger partial charge in [0.05, 0.1) is 5.69 Å². The number of anilines is 1. The highest BCUT2D eigenvalue weighted by atomic mass is 32.1. The van der Waals surface area contributed by atoms with E-state index >= 15 is 0 Å². The largest absolute Gasteiger partial charge is 0.506 e. The van der Waals surface area contributed by atoms with E-state index in [0.29, 0.717) is 5.69 Å². The molecular formula is C12H17NOS. The number of thiocarbonyl (C=S) groups is 1. The molecule has 0 unspecified atom stereocenters. The molecule has 0 spiro atoms. The first kappa shape index (κ1) is 12.0. The van der Waals surface area contributed by atoms with Crippen molar-refractivity contribution in [2.75, 3.05) is 5.73 Å². The molecule has 82 valence electrons. The maximum Gasteiger partial charge on any atom is 0.139 e. The highest BCUT2D eigenvalue weighted by molar-refractivity contribution is 7.79. The van der Waals surface area contributed by atoms with Gasteiger partial charge in [-0.25, -0.2) is 0 Å². The molecule has 0 saturated carbocycles. The van der Waals surface area contributed by atoms with E-state index in [1.807, 2.05) is 6.07 Å². The number of phenolic OH excluding ortho intramolecular Hbond substituents is 1. The van der Waals surface area contributed by atoms with Crippen LogP contribution in [-0.2, 0) is 6.42 Å². The van der Waals surface area contributed by atoms with E-state index in [1.165, 1.54) is 18.2 Å². The quantitative estimate of drug-likeness (QED) is 0.349. The maximum absolute atomic E-state index is 9.58. The average molecular weight is 223 g/mol. The van der Waals surface area contributed by atoms with Crippen LogP contribution in [0.1, 0.15) is 37.3 Å². The molecule has 1 aromatic rings. The summed E-state index contributed by atoms with van der Waals surface area (Å²) in [6, 6.07) is 3.69. The van der Waals surface area contributed by atoms with Gasteiger partial charge in [0.25, 0.3) is 0 Å². The van der Waals surface area contributed by atoms with Crippen LogP contribution in [0.15, 0.2) is 12.1 Å². The molecule has 0 aromatic heterocycles. The molecule has 0 aliphatic rings. The number of aryl methyl sites for hydroxylation is 1. The molecule has 3 N–H and O–H groups in total. The Bertz CT molecular complexity index is 350. The number of hydrogen-bond donors (Lipinski definition) is 2. The Hall–Kier alpha value is -1.09. The predicted molar refractivity (Wildman–Crippen MR) is 68.5 cm³/mol. The van der Waals surface area contributed by atoms with Gasteiger partial charge in [-0.15, -0.1) is 0 Å². The number of nitrogens with two attached hydrogens (primary N) is 1. The fraction of sp³-hybridized carbons (Fsp3) is 0.417. The summed E-state index contributed by atoms with van der Waals surface area (Å²) >= 11 is 4.84. The van der Waals surface area contributed by atoms with Crippen molar-refractivity contribution in [3.8, 4) is 5.75 Å². The number of hydrogen-bond acceptors (Lipinski definition) is 3. The molecule has 0 aliphatic heterocycles. The van der Waals surface area contributed by atoms with Gasteiger partial charge in [-0.3, -0.25) is 0 Å². The summed E-state index contributed by atoms with van der Waals surface area (Å²) in [6.07, 6.45) is 4.51. The van der Waals surface area contributed by atoms with Gasteiger partial charge < -0.3 is 10.8 Å². The lowest BCUT2D eigenvalue weighted by atomic mass is 10.0. The van der Waals surface area contributed by atoms with Crippen molar-refractivity contribution in [1.29, 1.82) is 0 Å². The van der Waals surface area contributed by atoms with Gasteiger partial charge in [0.15, 0.2) is 0 Å². The number of phenols is 1. The summed E-state index contributed by atoms with van der Waals surface area (Å²) in [7, 11) is 0. The third-order valence-corrected chi connectivity index (χ3v) is 2.70. The van der Waals surface area contributed by atoms with E-state index in [0.717, 1.165) is 24.0 Å². The molecule has 0 saturated heterocycles. The number of nitrogen functional groups attached to an aromatic ring is 1. The van der Waals surface area contributed by atoms with Crippen molar-refractivity contribution in [2.24, 2.45) is 0 Å². The lowest BCUT2D eigenvalue weighted by molar-refractivity contribution is 0.477. The van der Waals surface area contributed by atoms with Crippen LogP contribution in [0, 0.1) is 0 Å². The third kappa shape index (κ3) is 3.20. The minimum atomic E-state index is 0.139. The van der Waals surface area contributed by atoms with Gasteiger partial charge in [-0.2, -0.15) is 0 Å². The summed E-state index contributed by atoms with van der Waals surface area (Å²) in [5.74, 6) is 0.139. The van der Waals surface area contributed by atoms with Crippen LogP contribution in [0.5, 0.6) is 5.75 Å². The Kier molecular flexibility index (Phi) is 4.56. The summed E-state index contributed by atoms with van der Waals surface area (Å²) in [5, 5.41) is 11.1. The second-order valence-electron chi connectivity index (χ2n) is 3.69. The van der Waals surface area contributed by atoms with Crippen LogP contribution >= 0.6 is 12.2 Å². The van der Waals surface area contributed by atoms with E-state index in [4.69, 9.17) is 18.0 Å². The Morgan fingerprint density at radius 3 is 2.73 bits per heavy atom. The SMILES string of the molecule is CCCCCc1cc(O)c(N)c(C=S)c1. The lowest BCUT2D eigenvalue weighted by Crippen LogP contribution is -1.96. The average Bonchev–Trinajstić information content (AvgIpc) is 2.23. The second-order valence-corrected chi connectivity index (χ2v) is 3.93. The lowest BCUT2D eigenvalue weighted by Gasteiger charge is -2.07. The first-order chi connectivity index (χ1) is 7.19. The molecule has 1 rings (SSSR count). The topological polar surface area (TPSA) is 46.2 Å². The van der Waals surface area contributed by atoms with E-state index in [-0.39, 0.29) is 5.75 Å². The Morgan fingerprint density at radius 2 is 2.13 bits per heavy atom. The number of unbranched alkanes of at least 4 members (excludes halogenated alkanes) is 2. The fourth-order valence-electron chi connectivity index (χ4n) is 1.54. The van der Waals surface area contributed by atoms with Crippen LogP contribution in [-0.4, -0.2) is 10.5 Å². The zero-order valence-corrected chi connectivity index (χ0v) is 9.81. The van der Waals surface area contributed by atoms with Gasteiger partial charge in [-0.1, -0.05) is 32.0 Å². The van der Waals surface area contributed by atoms with E-state index in [2.05, 4.69) is 6.92 Å². The second kappa shape index (κ2) is 5.71. The molecule has 1 aromatic carbocycles. The minimum absolute atomic E-state index is 0.139. The van der Waals surface area contributed by atoms with Crippen molar-refractivity contribution < 1.29 is 5.11 Å². The zero-order chi connectivity index (χ0) is 11.3. The van der Waals surface area contributed by atoms with Gasteiger partial charge in [0.2, 0.25) is 0 Å². The number of rotatable bonds is 5. The Balaban J connectivity index is 2.81. The molecule has 15 heavy (non-hydrogen) atoms. The highest BCUT2D eigenvalue weighted by Gasteiger charge is 2.05. The van der Waals surface area contributed by atoms with E-state index < -0.39 is 0 Å². The van der Waals surface area contributed by atoms with Crippen LogP contribution < -0.4 is 5.73 Å². The van der Waals surface area contributed by atoms with Gasteiger partial charge in [0.1, 0.15) is 5.75 Å². The summed E-state index contributed by atoms with van der Waals surface area (Å²) in [4.78, 5) is 0. The monoisotopic (exact) mass is 223 g/mol. The van der Waals surface area contributed by atoms with E-state index in [1.54, 1.807) is 6.07 Å². The molecule has 0 bridgehead atoms. The van der Waals surface area contributed by atoms with Crippen LogP contribution in [0.2, 0.25) is 0 Å². The molecule has 0 radical (unpaired) electrons. The standard InChI is InChI=1S/C12H17NOS/c1-2-3-4-5-9-6-10(8-15)12(13)11(14)7-9/h6-8,14H,2-5,13H2,1H3. The summed E-state index contributed by atoms with van der Waals surface area (Å²) < 4.78 is 0. The van der Waals surface area contributed by atoms with Gasteiger partial charge in [-0.05, 0) is 30.5 Å². The van der Waals surface area contributed by atoms with Gasteiger partial charge >= 0.3 is 0 Å². The van der Waals surface area contributed by atoms with Gasteiger partial charge in [0, 0.05) is 10.9 Å². The smallest absolute Gasteiger partial charge is 0.139 e. The maximum atomic E-state index is 9.58. The molecule has 0 amide bonds. The first-order valence-electron chi connectivity index (χ1n) is 5.25. The number of benzene rings is 1. The molecule has 0 atom stereocenters. The van der Waals surface area contributed by atoms with Crippen LogP contribution in [0.4, 0.5) is 5.69 Å². The predicted octanol–water partition coefficient (Wildman–Crippen LogP) is 3.05.